The SMILES string of the molecule is CCCN(C)CC.CNC(=O)N1CC(c2cc(F)ccc2F)=C[C@H]1c1ccccc1. The van der Waals surface area contributed by atoms with Crippen LogP contribution in [0, 0.1) is 11.6 Å². The standard InChI is InChI=1S/C18H16F2N2O.C6H15N/c1-21-18(23)22-11-13(15-10-14(19)7-8-16(15)20)9-17(22)12-5-3-2-4-6-12;1-4-6-7(3)5-2/h2-10,17H,11H2,1H3,(H,21,23);4-6H2,1-3H3/t17-;/m0./s1. The van der Waals surface area contributed by atoms with E-state index in [0.717, 1.165) is 23.8 Å². The molecule has 0 saturated carbocycles. The largest absolute Gasteiger partial charge is 0.341 e. The van der Waals surface area contributed by atoms with Crippen LogP contribution in [-0.2, 0) is 0 Å². The van der Waals surface area contributed by atoms with Crippen molar-refractivity contribution in [1.82, 2.24) is 15.1 Å². The molecule has 0 aromatic heterocycles. The molecule has 1 heterocycles. The van der Waals surface area contributed by atoms with Crippen molar-refractivity contribution >= 4 is 11.6 Å². The Morgan fingerprint density at radius 3 is 2.43 bits per heavy atom. The third-order valence-corrected chi connectivity index (χ3v) is 5.07. The van der Waals surface area contributed by atoms with Gasteiger partial charge in [-0.1, -0.05) is 50.3 Å². The van der Waals surface area contributed by atoms with Gasteiger partial charge >= 0.3 is 6.03 Å². The Kier molecular flexibility index (Phi) is 8.99. The molecule has 4 nitrogen and oxygen atoms in total. The Labute approximate surface area is 178 Å². The first-order valence-corrected chi connectivity index (χ1v) is 10.3. The van der Waals surface area contributed by atoms with Gasteiger partial charge in [-0.25, -0.2) is 13.6 Å². The van der Waals surface area contributed by atoms with Gasteiger partial charge in [0.05, 0.1) is 6.04 Å². The van der Waals surface area contributed by atoms with Crippen molar-refractivity contribution in [2.24, 2.45) is 0 Å². The second-order valence-electron chi connectivity index (χ2n) is 7.25. The summed E-state index contributed by atoms with van der Waals surface area (Å²) in [7, 11) is 3.69. The van der Waals surface area contributed by atoms with Crippen LogP contribution in [-0.4, -0.2) is 49.6 Å². The van der Waals surface area contributed by atoms with Crippen LogP contribution in [0.2, 0.25) is 0 Å². The lowest BCUT2D eigenvalue weighted by atomic mass is 10.0. The Hall–Kier alpha value is -2.73. The molecule has 30 heavy (non-hydrogen) atoms. The maximum absolute atomic E-state index is 14.0. The van der Waals surface area contributed by atoms with Crippen molar-refractivity contribution in [1.29, 1.82) is 0 Å². The molecular weight excluding hydrogens is 384 g/mol. The Morgan fingerprint density at radius 2 is 1.87 bits per heavy atom. The number of hydrogen-bond donors (Lipinski definition) is 1. The molecule has 2 aromatic rings. The van der Waals surface area contributed by atoms with Crippen molar-refractivity contribution in [3.8, 4) is 0 Å². The highest BCUT2D eigenvalue weighted by Gasteiger charge is 2.31. The molecule has 0 radical (unpaired) electrons. The van der Waals surface area contributed by atoms with E-state index in [1.165, 1.54) is 19.5 Å². The first kappa shape index (κ1) is 23.5. The van der Waals surface area contributed by atoms with Crippen LogP contribution in [0.15, 0.2) is 54.6 Å². The second-order valence-corrected chi connectivity index (χ2v) is 7.25. The van der Waals surface area contributed by atoms with Crippen LogP contribution < -0.4 is 5.32 Å². The number of hydrogen-bond acceptors (Lipinski definition) is 2. The topological polar surface area (TPSA) is 35.6 Å². The number of nitrogens with one attached hydrogen (secondary N) is 1. The number of benzene rings is 2. The highest BCUT2D eigenvalue weighted by Crippen LogP contribution is 2.35. The van der Waals surface area contributed by atoms with E-state index < -0.39 is 11.6 Å². The van der Waals surface area contributed by atoms with E-state index in [-0.39, 0.29) is 24.2 Å². The zero-order valence-corrected chi connectivity index (χ0v) is 18.2. The quantitative estimate of drug-likeness (QED) is 0.738. The highest BCUT2D eigenvalue weighted by molar-refractivity contribution is 5.81. The molecule has 0 bridgehead atoms. The predicted molar refractivity (Wildman–Crippen MR) is 118 cm³/mol. The number of carbonyl (C=O) groups excluding carboxylic acids is 1. The third-order valence-electron chi connectivity index (χ3n) is 5.07. The van der Waals surface area contributed by atoms with E-state index in [9.17, 15) is 13.6 Å². The van der Waals surface area contributed by atoms with E-state index in [2.05, 4.69) is 31.1 Å². The molecule has 2 amide bonds. The predicted octanol–water partition coefficient (Wildman–Crippen LogP) is 5.09. The fraction of sp³-hybridized carbons (Fsp3) is 0.375. The summed E-state index contributed by atoms with van der Waals surface area (Å²) >= 11 is 0. The maximum atomic E-state index is 14.0. The number of nitrogens with zero attached hydrogens (tertiary/aromatic N) is 2. The minimum atomic E-state index is -0.503. The van der Waals surface area contributed by atoms with Gasteiger partial charge in [0.15, 0.2) is 0 Å². The van der Waals surface area contributed by atoms with E-state index in [1.807, 2.05) is 36.4 Å². The number of rotatable bonds is 5. The number of halogens is 2. The van der Waals surface area contributed by atoms with Gasteiger partial charge in [0.25, 0.3) is 0 Å². The van der Waals surface area contributed by atoms with Gasteiger partial charge in [-0.2, -0.15) is 0 Å². The van der Waals surface area contributed by atoms with Gasteiger partial charge in [0.2, 0.25) is 0 Å². The molecule has 1 aliphatic heterocycles. The molecule has 0 spiro atoms. The Balaban J connectivity index is 0.000000396. The van der Waals surface area contributed by atoms with Crippen LogP contribution in [0.4, 0.5) is 13.6 Å². The van der Waals surface area contributed by atoms with Gasteiger partial charge in [0.1, 0.15) is 11.6 Å². The molecule has 1 atom stereocenters. The van der Waals surface area contributed by atoms with Crippen molar-refractivity contribution in [2.45, 2.75) is 26.3 Å². The molecule has 6 heteroatoms. The molecule has 0 unspecified atom stereocenters. The first-order valence-electron chi connectivity index (χ1n) is 10.3. The van der Waals surface area contributed by atoms with E-state index in [4.69, 9.17) is 0 Å². The van der Waals surface area contributed by atoms with Gasteiger partial charge in [0, 0.05) is 19.2 Å². The van der Waals surface area contributed by atoms with E-state index in [0.29, 0.717) is 5.57 Å². The summed E-state index contributed by atoms with van der Waals surface area (Å²) in [6, 6.07) is 12.2. The number of urea groups is 1. The van der Waals surface area contributed by atoms with Gasteiger partial charge in [-0.15, -0.1) is 0 Å². The molecule has 1 aliphatic rings. The lowest BCUT2D eigenvalue weighted by Crippen LogP contribution is -2.38. The normalized spacial score (nSPS) is 15.5. The average Bonchev–Trinajstić information content (AvgIpc) is 3.21. The van der Waals surface area contributed by atoms with Crippen molar-refractivity contribution in [2.75, 3.05) is 33.7 Å². The minimum absolute atomic E-state index is 0.192. The minimum Gasteiger partial charge on any atom is -0.341 e. The maximum Gasteiger partial charge on any atom is 0.318 e. The summed E-state index contributed by atoms with van der Waals surface area (Å²) in [5.74, 6) is -1.000. The van der Waals surface area contributed by atoms with Crippen LogP contribution in [0.5, 0.6) is 0 Å². The molecule has 0 saturated heterocycles. The Bertz CT molecular complexity index is 855. The van der Waals surface area contributed by atoms with E-state index in [1.54, 1.807) is 11.9 Å². The van der Waals surface area contributed by atoms with Crippen molar-refractivity contribution in [3.05, 3.63) is 77.4 Å². The fourth-order valence-corrected chi connectivity index (χ4v) is 3.34. The fourth-order valence-electron chi connectivity index (χ4n) is 3.34. The van der Waals surface area contributed by atoms with Crippen molar-refractivity contribution < 1.29 is 13.6 Å². The second kappa shape index (κ2) is 11.5. The smallest absolute Gasteiger partial charge is 0.318 e. The molecule has 162 valence electrons. The molecule has 0 aliphatic carbocycles. The zero-order chi connectivity index (χ0) is 22.1. The van der Waals surface area contributed by atoms with Gasteiger partial charge < -0.3 is 15.1 Å². The van der Waals surface area contributed by atoms with Gasteiger partial charge in [-0.05, 0) is 55.9 Å². The highest BCUT2D eigenvalue weighted by atomic mass is 19.1. The summed E-state index contributed by atoms with van der Waals surface area (Å²) in [4.78, 5) is 16.0. The molecule has 0 fully saturated rings. The molecule has 2 aromatic carbocycles. The molecule has 3 rings (SSSR count). The lowest BCUT2D eigenvalue weighted by Gasteiger charge is -2.24. The summed E-state index contributed by atoms with van der Waals surface area (Å²) in [6.45, 7) is 7.01. The van der Waals surface area contributed by atoms with Crippen LogP contribution in [0.3, 0.4) is 0 Å². The molecular formula is C24H31F2N3O. The summed E-state index contributed by atoms with van der Waals surface area (Å²) in [5, 5.41) is 2.59. The van der Waals surface area contributed by atoms with Crippen LogP contribution >= 0.6 is 0 Å². The summed E-state index contributed by atoms with van der Waals surface area (Å²) in [6.07, 6.45) is 3.08. The summed E-state index contributed by atoms with van der Waals surface area (Å²) in [5.41, 5.74) is 1.71. The van der Waals surface area contributed by atoms with Crippen LogP contribution in [0.25, 0.3) is 5.57 Å². The third kappa shape index (κ3) is 6.13. The zero-order valence-electron chi connectivity index (χ0n) is 18.2. The molecule has 1 N–H and O–H groups in total. The average molecular weight is 416 g/mol. The van der Waals surface area contributed by atoms with Crippen LogP contribution in [0.1, 0.15) is 37.4 Å². The number of amides is 2. The van der Waals surface area contributed by atoms with Crippen molar-refractivity contribution in [3.63, 3.8) is 0 Å². The lowest BCUT2D eigenvalue weighted by molar-refractivity contribution is 0.200. The first-order chi connectivity index (χ1) is 14.4. The summed E-state index contributed by atoms with van der Waals surface area (Å²) < 4.78 is 27.5. The Morgan fingerprint density at radius 1 is 1.17 bits per heavy atom. The monoisotopic (exact) mass is 415 g/mol. The number of carbonyl (C=O) groups is 1. The van der Waals surface area contributed by atoms with E-state index >= 15 is 0 Å². The van der Waals surface area contributed by atoms with Gasteiger partial charge in [-0.3, -0.25) is 0 Å².